The SMILES string of the molecule is Cc1[nH]c(C)c(-c2ccc(Oc3ccccc3)nc2)c(=O)c1Cl. The highest BCUT2D eigenvalue weighted by atomic mass is 35.5. The van der Waals surface area contributed by atoms with Crippen molar-refractivity contribution in [1.29, 1.82) is 0 Å². The average molecular weight is 327 g/mol. The largest absolute Gasteiger partial charge is 0.439 e. The highest BCUT2D eigenvalue weighted by Gasteiger charge is 2.13. The molecular weight excluding hydrogens is 312 g/mol. The summed E-state index contributed by atoms with van der Waals surface area (Å²) in [5.41, 5.74) is 2.45. The lowest BCUT2D eigenvalue weighted by Gasteiger charge is -2.09. The van der Waals surface area contributed by atoms with Gasteiger partial charge in [0.05, 0.1) is 5.56 Å². The number of hydrogen-bond acceptors (Lipinski definition) is 3. The Kier molecular flexibility index (Phi) is 4.17. The Morgan fingerprint density at radius 1 is 1.04 bits per heavy atom. The van der Waals surface area contributed by atoms with E-state index in [-0.39, 0.29) is 10.5 Å². The molecule has 2 aromatic heterocycles. The standard InChI is InChI=1S/C18H15ClN2O2/c1-11-16(18(22)17(19)12(2)21-11)13-8-9-15(20-10-13)23-14-6-4-3-5-7-14/h3-10H,1-2H3,(H,21,22). The average Bonchev–Trinajstić information content (AvgIpc) is 2.55. The maximum atomic E-state index is 12.4. The van der Waals surface area contributed by atoms with E-state index >= 15 is 0 Å². The molecule has 0 atom stereocenters. The number of benzene rings is 1. The highest BCUT2D eigenvalue weighted by molar-refractivity contribution is 6.31. The predicted octanol–water partition coefficient (Wildman–Crippen LogP) is 4.50. The summed E-state index contributed by atoms with van der Waals surface area (Å²) in [5, 5.41) is 0.204. The van der Waals surface area contributed by atoms with Crippen LogP contribution in [0.4, 0.5) is 0 Å². The fraction of sp³-hybridized carbons (Fsp3) is 0.111. The molecule has 0 aliphatic rings. The van der Waals surface area contributed by atoms with Crippen molar-refractivity contribution in [3.8, 4) is 22.8 Å². The van der Waals surface area contributed by atoms with Gasteiger partial charge in [-0.05, 0) is 32.0 Å². The molecule has 5 heteroatoms. The van der Waals surface area contributed by atoms with E-state index in [1.807, 2.05) is 37.3 Å². The Labute approximate surface area is 138 Å². The van der Waals surface area contributed by atoms with Gasteiger partial charge in [0.1, 0.15) is 10.8 Å². The molecule has 1 N–H and O–H groups in total. The fourth-order valence-corrected chi connectivity index (χ4v) is 2.54. The number of aromatic nitrogens is 2. The van der Waals surface area contributed by atoms with Gasteiger partial charge in [0, 0.05) is 29.2 Å². The van der Waals surface area contributed by atoms with Gasteiger partial charge in [-0.2, -0.15) is 0 Å². The van der Waals surface area contributed by atoms with Gasteiger partial charge in [-0.3, -0.25) is 4.79 Å². The molecule has 0 radical (unpaired) electrons. The van der Waals surface area contributed by atoms with E-state index in [4.69, 9.17) is 16.3 Å². The third-order valence-corrected chi connectivity index (χ3v) is 3.95. The fourth-order valence-electron chi connectivity index (χ4n) is 2.39. The molecule has 0 aliphatic carbocycles. The maximum Gasteiger partial charge on any atom is 0.219 e. The molecule has 0 amide bonds. The van der Waals surface area contributed by atoms with E-state index in [0.717, 1.165) is 5.69 Å². The van der Waals surface area contributed by atoms with Gasteiger partial charge >= 0.3 is 0 Å². The zero-order chi connectivity index (χ0) is 16.4. The van der Waals surface area contributed by atoms with Gasteiger partial charge in [0.15, 0.2) is 0 Å². The van der Waals surface area contributed by atoms with Crippen molar-refractivity contribution in [3.05, 3.63) is 75.3 Å². The number of halogens is 1. The lowest BCUT2D eigenvalue weighted by Crippen LogP contribution is -2.11. The lowest BCUT2D eigenvalue weighted by atomic mass is 10.1. The van der Waals surface area contributed by atoms with Crippen LogP contribution in [0.2, 0.25) is 5.02 Å². The van der Waals surface area contributed by atoms with Gasteiger partial charge in [0.25, 0.3) is 0 Å². The van der Waals surface area contributed by atoms with Crippen molar-refractivity contribution >= 4 is 11.6 Å². The molecule has 0 saturated carbocycles. The van der Waals surface area contributed by atoms with Gasteiger partial charge in [-0.15, -0.1) is 0 Å². The molecule has 0 aliphatic heterocycles. The van der Waals surface area contributed by atoms with Crippen LogP contribution in [0.3, 0.4) is 0 Å². The van der Waals surface area contributed by atoms with Crippen LogP contribution in [0.1, 0.15) is 11.4 Å². The second kappa shape index (κ2) is 6.26. The Balaban J connectivity index is 1.95. The molecule has 0 fully saturated rings. The number of pyridine rings is 2. The molecule has 116 valence electrons. The highest BCUT2D eigenvalue weighted by Crippen LogP contribution is 2.24. The summed E-state index contributed by atoms with van der Waals surface area (Å²) in [4.78, 5) is 19.8. The summed E-state index contributed by atoms with van der Waals surface area (Å²) in [6.45, 7) is 3.62. The smallest absolute Gasteiger partial charge is 0.219 e. The minimum Gasteiger partial charge on any atom is -0.439 e. The molecule has 0 saturated heterocycles. The zero-order valence-corrected chi connectivity index (χ0v) is 13.5. The van der Waals surface area contributed by atoms with E-state index in [0.29, 0.717) is 28.5 Å². The number of hydrogen-bond donors (Lipinski definition) is 1. The second-order valence-electron chi connectivity index (χ2n) is 5.19. The third kappa shape index (κ3) is 3.12. The summed E-state index contributed by atoms with van der Waals surface area (Å²) in [6.07, 6.45) is 1.61. The first-order valence-electron chi connectivity index (χ1n) is 7.14. The van der Waals surface area contributed by atoms with Crippen molar-refractivity contribution in [1.82, 2.24) is 9.97 Å². The summed E-state index contributed by atoms with van der Waals surface area (Å²) >= 11 is 6.05. The van der Waals surface area contributed by atoms with E-state index in [9.17, 15) is 4.79 Å². The number of H-pyrrole nitrogens is 1. The minimum atomic E-state index is -0.195. The molecule has 2 heterocycles. The minimum absolute atomic E-state index is 0.195. The molecular formula is C18H15ClN2O2. The van der Waals surface area contributed by atoms with Crippen LogP contribution in [0.5, 0.6) is 11.6 Å². The van der Waals surface area contributed by atoms with Crippen molar-refractivity contribution in [2.75, 3.05) is 0 Å². The first-order valence-corrected chi connectivity index (χ1v) is 7.52. The van der Waals surface area contributed by atoms with Gasteiger partial charge in [0.2, 0.25) is 11.3 Å². The Morgan fingerprint density at radius 2 is 1.78 bits per heavy atom. The number of nitrogens with one attached hydrogen (secondary N) is 1. The van der Waals surface area contributed by atoms with Crippen LogP contribution < -0.4 is 10.2 Å². The molecule has 23 heavy (non-hydrogen) atoms. The number of para-hydroxylation sites is 1. The number of aromatic amines is 1. The van der Waals surface area contributed by atoms with Crippen molar-refractivity contribution < 1.29 is 4.74 Å². The third-order valence-electron chi connectivity index (χ3n) is 3.50. The van der Waals surface area contributed by atoms with Crippen LogP contribution in [0.15, 0.2) is 53.5 Å². The monoisotopic (exact) mass is 326 g/mol. The van der Waals surface area contributed by atoms with Gasteiger partial charge < -0.3 is 9.72 Å². The van der Waals surface area contributed by atoms with Crippen LogP contribution in [0, 0.1) is 13.8 Å². The van der Waals surface area contributed by atoms with Gasteiger partial charge in [-0.1, -0.05) is 29.8 Å². The second-order valence-corrected chi connectivity index (χ2v) is 5.57. The van der Waals surface area contributed by atoms with Crippen molar-refractivity contribution in [2.45, 2.75) is 13.8 Å². The normalized spacial score (nSPS) is 10.6. The Morgan fingerprint density at radius 3 is 2.43 bits per heavy atom. The number of ether oxygens (including phenoxy) is 1. The summed E-state index contributed by atoms with van der Waals surface area (Å²) < 4.78 is 5.65. The number of aryl methyl sites for hydroxylation is 2. The Bertz CT molecular complexity index is 887. The molecule has 0 unspecified atom stereocenters. The first-order chi connectivity index (χ1) is 11.1. The summed E-state index contributed by atoms with van der Waals surface area (Å²) in [7, 11) is 0. The van der Waals surface area contributed by atoms with Crippen LogP contribution in [-0.2, 0) is 0 Å². The molecule has 3 aromatic rings. The van der Waals surface area contributed by atoms with E-state index < -0.39 is 0 Å². The number of nitrogens with zero attached hydrogens (tertiary/aromatic N) is 1. The van der Waals surface area contributed by atoms with Crippen LogP contribution >= 0.6 is 11.6 Å². The predicted molar refractivity (Wildman–Crippen MR) is 91.3 cm³/mol. The topological polar surface area (TPSA) is 55.0 Å². The van der Waals surface area contributed by atoms with E-state index in [1.54, 1.807) is 25.3 Å². The number of rotatable bonds is 3. The maximum absolute atomic E-state index is 12.4. The van der Waals surface area contributed by atoms with E-state index in [1.165, 1.54) is 0 Å². The molecule has 1 aromatic carbocycles. The first kappa shape index (κ1) is 15.3. The molecule has 0 bridgehead atoms. The molecule has 4 nitrogen and oxygen atoms in total. The zero-order valence-electron chi connectivity index (χ0n) is 12.8. The van der Waals surface area contributed by atoms with Crippen LogP contribution in [0.25, 0.3) is 11.1 Å². The van der Waals surface area contributed by atoms with E-state index in [2.05, 4.69) is 9.97 Å². The van der Waals surface area contributed by atoms with Crippen molar-refractivity contribution in [3.63, 3.8) is 0 Å². The van der Waals surface area contributed by atoms with Crippen molar-refractivity contribution in [2.24, 2.45) is 0 Å². The Hall–Kier alpha value is -2.59. The van der Waals surface area contributed by atoms with Crippen LogP contribution in [-0.4, -0.2) is 9.97 Å². The lowest BCUT2D eigenvalue weighted by molar-refractivity contribution is 0.463. The quantitative estimate of drug-likeness (QED) is 0.771. The summed E-state index contributed by atoms with van der Waals surface area (Å²) in [6, 6.07) is 12.9. The summed E-state index contributed by atoms with van der Waals surface area (Å²) in [5.74, 6) is 1.17. The van der Waals surface area contributed by atoms with Gasteiger partial charge in [-0.25, -0.2) is 4.98 Å². The molecule has 0 spiro atoms. The molecule has 3 rings (SSSR count).